The zero-order chi connectivity index (χ0) is 15.7. The summed E-state index contributed by atoms with van der Waals surface area (Å²) in [7, 11) is 2.09. The lowest BCUT2D eigenvalue weighted by Gasteiger charge is -2.52. The summed E-state index contributed by atoms with van der Waals surface area (Å²) < 4.78 is 13.9. The molecule has 2 nitrogen and oxygen atoms in total. The van der Waals surface area contributed by atoms with Gasteiger partial charge in [0.1, 0.15) is 5.82 Å². The molecule has 2 rings (SSSR count). The molecule has 0 bridgehead atoms. The minimum absolute atomic E-state index is 0.0244. The van der Waals surface area contributed by atoms with E-state index in [0.717, 1.165) is 18.4 Å². The molecule has 0 spiro atoms. The number of likely N-dealkylation sites (N-methyl/N-ethyl adjacent to an activating group) is 1. The van der Waals surface area contributed by atoms with Crippen LogP contribution in [0.4, 0.5) is 4.39 Å². The number of nitrogens with zero attached hydrogens (tertiary/aromatic N) is 1. The van der Waals surface area contributed by atoms with Crippen molar-refractivity contribution in [3.63, 3.8) is 0 Å². The summed E-state index contributed by atoms with van der Waals surface area (Å²) in [6, 6.07) is 7.04. The Hall–Kier alpha value is -0.930. The lowest BCUT2D eigenvalue weighted by Crippen LogP contribution is -2.57. The summed E-state index contributed by atoms with van der Waals surface area (Å²) in [6.45, 7) is 8.20. The quantitative estimate of drug-likeness (QED) is 0.914. The van der Waals surface area contributed by atoms with Gasteiger partial charge in [-0.25, -0.2) is 4.39 Å². The fourth-order valence-corrected chi connectivity index (χ4v) is 4.35. The Balaban J connectivity index is 2.21. The van der Waals surface area contributed by atoms with Crippen molar-refractivity contribution in [2.24, 2.45) is 17.1 Å². The third-order valence-electron chi connectivity index (χ3n) is 4.99. The van der Waals surface area contributed by atoms with Gasteiger partial charge in [0, 0.05) is 24.2 Å². The highest BCUT2D eigenvalue weighted by atomic mass is 19.1. The van der Waals surface area contributed by atoms with Crippen molar-refractivity contribution in [2.45, 2.75) is 52.1 Å². The van der Waals surface area contributed by atoms with Gasteiger partial charge in [0.05, 0.1) is 0 Å². The van der Waals surface area contributed by atoms with E-state index in [1.54, 1.807) is 6.07 Å². The van der Waals surface area contributed by atoms with Crippen molar-refractivity contribution in [1.29, 1.82) is 0 Å². The van der Waals surface area contributed by atoms with Gasteiger partial charge in [0.2, 0.25) is 0 Å². The van der Waals surface area contributed by atoms with Crippen molar-refractivity contribution in [3.8, 4) is 0 Å². The van der Waals surface area contributed by atoms with Crippen LogP contribution in [0.1, 0.15) is 45.6 Å². The van der Waals surface area contributed by atoms with E-state index < -0.39 is 0 Å². The molecule has 1 aliphatic carbocycles. The highest BCUT2D eigenvalue weighted by Gasteiger charge is 2.44. The highest BCUT2D eigenvalue weighted by Crippen LogP contribution is 2.46. The number of hydrogen-bond donors (Lipinski definition) is 1. The average Bonchev–Trinajstić information content (AvgIpc) is 2.38. The summed E-state index contributed by atoms with van der Waals surface area (Å²) in [5.41, 5.74) is 7.20. The number of rotatable bonds is 4. The molecule has 1 aliphatic rings. The monoisotopic (exact) mass is 292 g/mol. The molecule has 1 fully saturated rings. The van der Waals surface area contributed by atoms with Crippen LogP contribution in [0, 0.1) is 17.2 Å². The lowest BCUT2D eigenvalue weighted by atomic mass is 9.63. The van der Waals surface area contributed by atoms with Crippen molar-refractivity contribution in [2.75, 3.05) is 13.6 Å². The number of halogens is 1. The summed E-state index contributed by atoms with van der Waals surface area (Å²) in [4.78, 5) is 2.28. The normalized spacial score (nSPS) is 28.8. The standard InChI is InChI=1S/C18H29FN2/c1-14-9-17(2,3)12-18(10-14,13-20)21(4)11-15-7-5-6-8-16(15)19/h5-8,14H,9-13,20H2,1-4H3. The number of hydrogen-bond acceptors (Lipinski definition) is 2. The molecule has 0 amide bonds. The zero-order valence-electron chi connectivity index (χ0n) is 13.8. The van der Waals surface area contributed by atoms with Crippen molar-refractivity contribution >= 4 is 0 Å². The van der Waals surface area contributed by atoms with Crippen molar-refractivity contribution < 1.29 is 4.39 Å². The van der Waals surface area contributed by atoms with Gasteiger partial charge in [0.25, 0.3) is 0 Å². The molecule has 0 aliphatic heterocycles. The second-order valence-corrected chi connectivity index (χ2v) is 7.73. The average molecular weight is 292 g/mol. The fourth-order valence-electron chi connectivity index (χ4n) is 4.35. The highest BCUT2D eigenvalue weighted by molar-refractivity contribution is 5.18. The van der Waals surface area contributed by atoms with E-state index in [2.05, 4.69) is 32.7 Å². The van der Waals surface area contributed by atoms with Crippen LogP contribution < -0.4 is 5.73 Å². The predicted octanol–water partition coefficient (Wildman–Crippen LogP) is 3.80. The molecular formula is C18H29FN2. The minimum Gasteiger partial charge on any atom is -0.329 e. The number of nitrogens with two attached hydrogens (primary N) is 1. The Kier molecular flexibility index (Phi) is 4.74. The smallest absolute Gasteiger partial charge is 0.127 e. The van der Waals surface area contributed by atoms with Crippen LogP contribution in [0.3, 0.4) is 0 Å². The largest absolute Gasteiger partial charge is 0.329 e. The third kappa shape index (κ3) is 3.64. The van der Waals surface area contributed by atoms with Crippen LogP contribution in [-0.4, -0.2) is 24.0 Å². The topological polar surface area (TPSA) is 29.3 Å². The molecule has 21 heavy (non-hydrogen) atoms. The van der Waals surface area contributed by atoms with E-state index >= 15 is 0 Å². The molecule has 0 aromatic heterocycles. The number of benzene rings is 1. The lowest BCUT2D eigenvalue weighted by molar-refractivity contribution is -0.00158. The molecule has 2 atom stereocenters. The SMILES string of the molecule is CC1CC(C)(C)CC(CN)(N(C)Cc2ccccc2F)C1. The second kappa shape index (κ2) is 6.05. The molecule has 1 saturated carbocycles. The van der Waals surface area contributed by atoms with E-state index in [4.69, 9.17) is 5.73 Å². The Bertz CT molecular complexity index is 486. The third-order valence-corrected chi connectivity index (χ3v) is 4.99. The Morgan fingerprint density at radius 2 is 1.95 bits per heavy atom. The molecule has 0 saturated heterocycles. The summed E-state index contributed by atoms with van der Waals surface area (Å²) in [6.07, 6.45) is 3.41. The Labute approximate surface area is 128 Å². The van der Waals surface area contributed by atoms with E-state index in [1.807, 2.05) is 12.1 Å². The molecule has 0 heterocycles. The maximum absolute atomic E-state index is 13.9. The van der Waals surface area contributed by atoms with Gasteiger partial charge in [0.15, 0.2) is 0 Å². The fraction of sp³-hybridized carbons (Fsp3) is 0.667. The van der Waals surface area contributed by atoms with Gasteiger partial charge < -0.3 is 5.73 Å². The van der Waals surface area contributed by atoms with Crippen LogP contribution in [0.5, 0.6) is 0 Å². The van der Waals surface area contributed by atoms with Crippen molar-refractivity contribution in [1.82, 2.24) is 4.90 Å². The zero-order valence-corrected chi connectivity index (χ0v) is 13.8. The maximum Gasteiger partial charge on any atom is 0.127 e. The van der Waals surface area contributed by atoms with Crippen LogP contribution in [0.2, 0.25) is 0 Å². The molecule has 2 unspecified atom stereocenters. The first-order valence-electron chi connectivity index (χ1n) is 7.93. The first-order valence-corrected chi connectivity index (χ1v) is 7.93. The van der Waals surface area contributed by atoms with E-state index in [9.17, 15) is 4.39 Å². The maximum atomic E-state index is 13.9. The van der Waals surface area contributed by atoms with Crippen LogP contribution in [0.25, 0.3) is 0 Å². The van der Waals surface area contributed by atoms with Gasteiger partial charge in [-0.3, -0.25) is 4.90 Å². The Morgan fingerprint density at radius 3 is 2.52 bits per heavy atom. The minimum atomic E-state index is -0.125. The van der Waals surface area contributed by atoms with E-state index in [0.29, 0.717) is 24.4 Å². The molecule has 2 N–H and O–H groups in total. The van der Waals surface area contributed by atoms with Crippen LogP contribution in [0.15, 0.2) is 24.3 Å². The summed E-state index contributed by atoms with van der Waals surface area (Å²) in [5, 5.41) is 0. The van der Waals surface area contributed by atoms with Gasteiger partial charge in [-0.05, 0) is 43.7 Å². The molecular weight excluding hydrogens is 263 g/mol. The van der Waals surface area contributed by atoms with E-state index in [1.165, 1.54) is 12.5 Å². The summed E-state index contributed by atoms with van der Waals surface area (Å²) >= 11 is 0. The van der Waals surface area contributed by atoms with Crippen molar-refractivity contribution in [3.05, 3.63) is 35.6 Å². The Morgan fingerprint density at radius 1 is 1.29 bits per heavy atom. The van der Waals surface area contributed by atoms with Gasteiger partial charge >= 0.3 is 0 Å². The summed E-state index contributed by atoms with van der Waals surface area (Å²) in [5.74, 6) is 0.528. The van der Waals surface area contributed by atoms with Crippen LogP contribution in [-0.2, 0) is 6.54 Å². The van der Waals surface area contributed by atoms with E-state index in [-0.39, 0.29) is 11.4 Å². The molecule has 0 radical (unpaired) electrons. The van der Waals surface area contributed by atoms with Gasteiger partial charge in [-0.2, -0.15) is 0 Å². The first-order chi connectivity index (χ1) is 9.78. The molecule has 1 aromatic rings. The predicted molar refractivity (Wildman–Crippen MR) is 86.4 cm³/mol. The molecule has 118 valence electrons. The molecule has 3 heteroatoms. The first kappa shape index (κ1) is 16.4. The second-order valence-electron chi connectivity index (χ2n) is 7.73. The van der Waals surface area contributed by atoms with Gasteiger partial charge in [-0.1, -0.05) is 39.0 Å². The van der Waals surface area contributed by atoms with Crippen LogP contribution >= 0.6 is 0 Å². The van der Waals surface area contributed by atoms with Gasteiger partial charge in [-0.15, -0.1) is 0 Å². The molecule has 1 aromatic carbocycles.